The minimum atomic E-state index is -0.399. The number of allylic oxidation sites excluding steroid dienone is 1. The third-order valence-electron chi connectivity index (χ3n) is 3.42. The Kier molecular flexibility index (Phi) is 2.80. The van der Waals surface area contributed by atoms with Gasteiger partial charge in [-0.25, -0.2) is 0 Å². The molecule has 0 atom stereocenters. The van der Waals surface area contributed by atoms with Crippen LogP contribution in [0.3, 0.4) is 0 Å². The van der Waals surface area contributed by atoms with E-state index in [1.54, 1.807) is 4.68 Å². The topological polar surface area (TPSA) is 62.1 Å². The Bertz CT molecular complexity index is 691. The molecule has 0 spiro atoms. The zero-order valence-corrected chi connectivity index (χ0v) is 11.2. The number of hydrogen-bond acceptors (Lipinski definition) is 5. The van der Waals surface area contributed by atoms with Crippen molar-refractivity contribution in [3.8, 4) is 5.69 Å². The number of ether oxygens (including phenoxy) is 2. The maximum absolute atomic E-state index is 6.08. The smallest absolute Gasteiger partial charge is 0.187 e. The van der Waals surface area contributed by atoms with Crippen molar-refractivity contribution < 1.29 is 9.47 Å². The molecule has 3 heterocycles. The number of tetrazole rings is 1. The highest BCUT2D eigenvalue weighted by Crippen LogP contribution is 2.30. The van der Waals surface area contributed by atoms with Crippen LogP contribution in [-0.4, -0.2) is 39.7 Å². The third-order valence-corrected chi connectivity index (χ3v) is 3.66. The van der Waals surface area contributed by atoms with Gasteiger partial charge >= 0.3 is 0 Å². The molecule has 1 aromatic heterocycles. The summed E-state index contributed by atoms with van der Waals surface area (Å²) in [5.41, 5.74) is 2.86. The fraction of sp³-hybridized carbons (Fsp3) is 0.308. The van der Waals surface area contributed by atoms with Crippen LogP contribution in [0.15, 0.2) is 24.3 Å². The number of aromatic nitrogens is 4. The van der Waals surface area contributed by atoms with Crippen LogP contribution in [0.1, 0.15) is 11.4 Å². The van der Waals surface area contributed by atoms with E-state index in [2.05, 4.69) is 21.6 Å². The summed E-state index contributed by atoms with van der Waals surface area (Å²) in [5.74, 6) is 0.637. The molecule has 20 heavy (non-hydrogen) atoms. The summed E-state index contributed by atoms with van der Waals surface area (Å²) in [6, 6.07) is 5.72. The molecule has 102 valence electrons. The summed E-state index contributed by atoms with van der Waals surface area (Å²) in [5, 5.41) is 12.6. The van der Waals surface area contributed by atoms with E-state index >= 15 is 0 Å². The van der Waals surface area contributed by atoms with Crippen LogP contribution >= 0.6 is 11.6 Å². The first-order chi connectivity index (χ1) is 9.83. The number of halogens is 1. The van der Waals surface area contributed by atoms with E-state index in [0.717, 1.165) is 23.2 Å². The van der Waals surface area contributed by atoms with Gasteiger partial charge in [0.05, 0.1) is 24.5 Å². The molecule has 4 rings (SSSR count). The molecular weight excluding hydrogens is 280 g/mol. The molecule has 2 aromatic rings. The van der Waals surface area contributed by atoms with Gasteiger partial charge in [0.25, 0.3) is 0 Å². The average molecular weight is 291 g/mol. The highest BCUT2D eigenvalue weighted by Gasteiger charge is 2.29. The molecule has 0 saturated carbocycles. The van der Waals surface area contributed by atoms with Crippen molar-refractivity contribution >= 4 is 17.2 Å². The first-order valence-corrected chi connectivity index (χ1v) is 6.71. The standard InChI is InChI=1S/C13H11ClN4O2/c14-9-3-1-8-2-4-10(13-19-5-6-20-13)12-15-16-17-18(12)11(8)7-9/h1,3-4,7,13H,2,5-6H2. The zero-order valence-electron chi connectivity index (χ0n) is 10.5. The monoisotopic (exact) mass is 290 g/mol. The molecule has 7 heteroatoms. The molecule has 2 aliphatic rings. The SMILES string of the molecule is Clc1ccc2c(c1)-n1nnnc1C(C1OCCO1)=CC2. The number of hydrogen-bond donors (Lipinski definition) is 0. The lowest BCUT2D eigenvalue weighted by atomic mass is 10.1. The van der Waals surface area contributed by atoms with Gasteiger partial charge in [0.2, 0.25) is 0 Å². The van der Waals surface area contributed by atoms with Crippen LogP contribution in [0.25, 0.3) is 11.3 Å². The first kappa shape index (κ1) is 12.0. The van der Waals surface area contributed by atoms with E-state index in [4.69, 9.17) is 21.1 Å². The van der Waals surface area contributed by atoms with Crippen LogP contribution in [0.4, 0.5) is 0 Å². The van der Waals surface area contributed by atoms with Gasteiger partial charge in [-0.1, -0.05) is 23.7 Å². The lowest BCUT2D eigenvalue weighted by Crippen LogP contribution is -2.14. The largest absolute Gasteiger partial charge is 0.346 e. The Morgan fingerprint density at radius 2 is 2.10 bits per heavy atom. The lowest BCUT2D eigenvalue weighted by molar-refractivity contribution is 0.00625. The number of nitrogens with zero attached hydrogens (tertiary/aromatic N) is 4. The Hall–Kier alpha value is -1.76. The molecule has 1 saturated heterocycles. The van der Waals surface area contributed by atoms with Crippen molar-refractivity contribution in [3.05, 3.63) is 40.7 Å². The van der Waals surface area contributed by atoms with E-state index in [1.807, 2.05) is 18.2 Å². The van der Waals surface area contributed by atoms with Gasteiger partial charge in [0.1, 0.15) is 0 Å². The first-order valence-electron chi connectivity index (χ1n) is 6.34. The molecule has 0 radical (unpaired) electrons. The van der Waals surface area contributed by atoms with Crippen molar-refractivity contribution in [2.24, 2.45) is 0 Å². The highest BCUT2D eigenvalue weighted by molar-refractivity contribution is 6.30. The van der Waals surface area contributed by atoms with Gasteiger partial charge in [-0.15, -0.1) is 5.10 Å². The minimum absolute atomic E-state index is 0.399. The Morgan fingerprint density at radius 1 is 1.25 bits per heavy atom. The quantitative estimate of drug-likeness (QED) is 0.799. The summed E-state index contributed by atoms with van der Waals surface area (Å²) in [4.78, 5) is 0. The predicted octanol–water partition coefficient (Wildman–Crippen LogP) is 1.63. The van der Waals surface area contributed by atoms with Crippen molar-refractivity contribution in [1.82, 2.24) is 20.2 Å². The van der Waals surface area contributed by atoms with Gasteiger partial charge in [0, 0.05) is 5.02 Å². The molecule has 0 N–H and O–H groups in total. The van der Waals surface area contributed by atoms with Crippen LogP contribution < -0.4 is 0 Å². The summed E-state index contributed by atoms with van der Waals surface area (Å²) in [6.45, 7) is 1.17. The third kappa shape index (κ3) is 1.84. The molecule has 0 amide bonds. The normalized spacial score (nSPS) is 18.4. The predicted molar refractivity (Wildman–Crippen MR) is 71.5 cm³/mol. The Morgan fingerprint density at radius 3 is 2.95 bits per heavy atom. The van der Waals surface area contributed by atoms with Crippen LogP contribution in [0.5, 0.6) is 0 Å². The maximum atomic E-state index is 6.08. The number of rotatable bonds is 1. The van der Waals surface area contributed by atoms with Gasteiger partial charge in [-0.3, -0.25) is 0 Å². The van der Waals surface area contributed by atoms with Gasteiger partial charge in [-0.2, -0.15) is 4.68 Å². The van der Waals surface area contributed by atoms with E-state index in [-0.39, 0.29) is 0 Å². The molecule has 0 unspecified atom stereocenters. The van der Waals surface area contributed by atoms with Gasteiger partial charge < -0.3 is 9.47 Å². The Labute approximate surface area is 119 Å². The average Bonchev–Trinajstić information content (AvgIpc) is 3.10. The van der Waals surface area contributed by atoms with Crippen LogP contribution in [0, 0.1) is 0 Å². The summed E-state index contributed by atoms with van der Waals surface area (Å²) < 4.78 is 12.8. The Balaban J connectivity index is 1.87. The fourth-order valence-electron chi connectivity index (χ4n) is 2.49. The lowest BCUT2D eigenvalue weighted by Gasteiger charge is -2.11. The van der Waals surface area contributed by atoms with E-state index in [9.17, 15) is 0 Å². The fourth-order valence-corrected chi connectivity index (χ4v) is 2.65. The van der Waals surface area contributed by atoms with E-state index in [1.165, 1.54) is 0 Å². The van der Waals surface area contributed by atoms with Crippen molar-refractivity contribution in [2.45, 2.75) is 12.7 Å². The molecule has 6 nitrogen and oxygen atoms in total. The maximum Gasteiger partial charge on any atom is 0.187 e. The van der Waals surface area contributed by atoms with Crippen molar-refractivity contribution in [3.63, 3.8) is 0 Å². The minimum Gasteiger partial charge on any atom is -0.346 e. The summed E-state index contributed by atoms with van der Waals surface area (Å²) in [7, 11) is 0. The second-order valence-electron chi connectivity index (χ2n) is 4.62. The van der Waals surface area contributed by atoms with Crippen LogP contribution in [-0.2, 0) is 15.9 Å². The molecule has 0 bridgehead atoms. The van der Waals surface area contributed by atoms with Crippen molar-refractivity contribution in [1.29, 1.82) is 0 Å². The molecule has 2 aliphatic heterocycles. The number of benzene rings is 1. The van der Waals surface area contributed by atoms with Gasteiger partial charge in [-0.05, 0) is 34.5 Å². The second-order valence-corrected chi connectivity index (χ2v) is 5.06. The highest BCUT2D eigenvalue weighted by atomic mass is 35.5. The summed E-state index contributed by atoms with van der Waals surface area (Å²) >= 11 is 6.08. The molecule has 1 fully saturated rings. The zero-order chi connectivity index (χ0) is 13.5. The summed E-state index contributed by atoms with van der Waals surface area (Å²) in [6.07, 6.45) is 2.40. The molecule has 0 aliphatic carbocycles. The van der Waals surface area contributed by atoms with E-state index < -0.39 is 6.29 Å². The van der Waals surface area contributed by atoms with Crippen molar-refractivity contribution in [2.75, 3.05) is 13.2 Å². The molecular formula is C13H11ClN4O2. The van der Waals surface area contributed by atoms with Gasteiger partial charge in [0.15, 0.2) is 12.1 Å². The number of fused-ring (bicyclic) bond motifs is 3. The van der Waals surface area contributed by atoms with E-state index in [0.29, 0.717) is 24.1 Å². The van der Waals surface area contributed by atoms with Crippen LogP contribution in [0.2, 0.25) is 5.02 Å². The second kappa shape index (κ2) is 4.66. The molecule has 1 aromatic carbocycles.